The standard InChI is InChI=1S/C24H27FN6O3/c1-23-9-10-24(2,31(23)4)20(25)18(12-23)34-19-8-7-16(28-29-19)15-6-5-14(11-17(15)32)21-26-13-30(3)22(33)27-21/h5-8,11,13,18,20,32H,9-10,12H2,1-4H3/t18-,20-,23-,24+/m0/s1. The first-order valence-corrected chi connectivity index (χ1v) is 11.2. The highest BCUT2D eigenvalue weighted by molar-refractivity contribution is 5.71. The molecule has 9 nitrogen and oxygen atoms in total. The molecule has 178 valence electrons. The van der Waals surface area contributed by atoms with Crippen molar-refractivity contribution in [1.82, 2.24) is 29.6 Å². The summed E-state index contributed by atoms with van der Waals surface area (Å²) < 4.78 is 22.6. The fourth-order valence-corrected chi connectivity index (χ4v) is 5.17. The van der Waals surface area contributed by atoms with Gasteiger partial charge in [0.25, 0.3) is 0 Å². The molecule has 3 aromatic rings. The van der Waals surface area contributed by atoms with Crippen LogP contribution in [0.25, 0.3) is 22.6 Å². The number of phenolic OH excluding ortho intramolecular Hbond substituents is 1. The van der Waals surface area contributed by atoms with E-state index in [-0.39, 0.29) is 23.0 Å². The second-order valence-electron chi connectivity index (χ2n) is 9.74. The summed E-state index contributed by atoms with van der Waals surface area (Å²) in [5, 5.41) is 18.9. The molecule has 4 atom stereocenters. The van der Waals surface area contributed by atoms with E-state index < -0.39 is 23.5 Å². The van der Waals surface area contributed by atoms with E-state index >= 15 is 4.39 Å². The van der Waals surface area contributed by atoms with Crippen LogP contribution < -0.4 is 10.4 Å². The van der Waals surface area contributed by atoms with Gasteiger partial charge >= 0.3 is 5.69 Å². The summed E-state index contributed by atoms with van der Waals surface area (Å²) in [7, 11) is 3.55. The van der Waals surface area contributed by atoms with Crippen molar-refractivity contribution in [3.05, 3.63) is 47.1 Å². The summed E-state index contributed by atoms with van der Waals surface area (Å²) in [5.74, 6) is 0.411. The topological polar surface area (TPSA) is 106 Å². The molecular weight excluding hydrogens is 439 g/mol. The molecule has 0 unspecified atom stereocenters. The van der Waals surface area contributed by atoms with Crippen LogP contribution >= 0.6 is 0 Å². The lowest BCUT2D eigenvalue weighted by molar-refractivity contribution is -0.0887. The van der Waals surface area contributed by atoms with Gasteiger partial charge in [-0.1, -0.05) is 6.07 Å². The Morgan fingerprint density at radius 1 is 1.15 bits per heavy atom. The van der Waals surface area contributed by atoms with E-state index in [0.717, 1.165) is 12.8 Å². The minimum atomic E-state index is -1.14. The Kier molecular flexibility index (Phi) is 5.16. The first-order valence-electron chi connectivity index (χ1n) is 11.2. The number of ether oxygens (including phenoxy) is 1. The third kappa shape index (κ3) is 3.53. The molecule has 10 heteroatoms. The lowest BCUT2D eigenvalue weighted by atomic mass is 9.82. The van der Waals surface area contributed by atoms with Crippen molar-refractivity contribution >= 4 is 0 Å². The van der Waals surface area contributed by atoms with Gasteiger partial charge in [0.1, 0.15) is 18.2 Å². The zero-order valence-electron chi connectivity index (χ0n) is 19.6. The number of aromatic hydroxyl groups is 1. The average Bonchev–Trinajstić information content (AvgIpc) is 2.99. The number of aromatic nitrogens is 5. The first-order chi connectivity index (χ1) is 16.1. The summed E-state index contributed by atoms with van der Waals surface area (Å²) >= 11 is 0. The van der Waals surface area contributed by atoms with Gasteiger partial charge in [-0.05, 0) is 51.9 Å². The molecule has 1 aromatic carbocycles. The van der Waals surface area contributed by atoms with Crippen molar-refractivity contribution < 1.29 is 14.2 Å². The van der Waals surface area contributed by atoms with Crippen LogP contribution in [-0.2, 0) is 7.05 Å². The highest BCUT2D eigenvalue weighted by Gasteiger charge is 2.60. The smallest absolute Gasteiger partial charge is 0.350 e. The van der Waals surface area contributed by atoms with Crippen molar-refractivity contribution in [3.63, 3.8) is 0 Å². The molecule has 0 saturated carbocycles. The predicted molar refractivity (Wildman–Crippen MR) is 123 cm³/mol. The molecule has 34 heavy (non-hydrogen) atoms. The SMILES string of the molecule is CN1[C@@]2(C)CC[C@]1(C)[C@@H](F)[C@@H](Oc1ccc(-c3ccc(-c4ncn(C)c(=O)n4)cc3O)nn1)C2. The van der Waals surface area contributed by atoms with Gasteiger partial charge in [-0.25, -0.2) is 14.2 Å². The lowest BCUT2D eigenvalue weighted by Gasteiger charge is -2.50. The van der Waals surface area contributed by atoms with E-state index in [9.17, 15) is 9.90 Å². The minimum absolute atomic E-state index is 0.0543. The molecular formula is C24H27FN6O3. The Morgan fingerprint density at radius 2 is 1.94 bits per heavy atom. The maximum Gasteiger partial charge on any atom is 0.350 e. The van der Waals surface area contributed by atoms with Crippen LogP contribution in [0.2, 0.25) is 0 Å². The number of piperidine rings is 1. The van der Waals surface area contributed by atoms with Crippen molar-refractivity contribution in [2.75, 3.05) is 7.05 Å². The number of phenols is 1. The van der Waals surface area contributed by atoms with Crippen LogP contribution in [0.1, 0.15) is 33.1 Å². The average molecular weight is 467 g/mol. The molecule has 0 aliphatic carbocycles. The van der Waals surface area contributed by atoms with Crippen LogP contribution in [0.4, 0.5) is 4.39 Å². The first kappa shape index (κ1) is 22.4. The number of halogens is 1. The molecule has 2 bridgehead atoms. The lowest BCUT2D eigenvalue weighted by Crippen LogP contribution is -2.64. The highest BCUT2D eigenvalue weighted by Crippen LogP contribution is 2.51. The van der Waals surface area contributed by atoms with Gasteiger partial charge in [0.15, 0.2) is 12.0 Å². The quantitative estimate of drug-likeness (QED) is 0.626. The van der Waals surface area contributed by atoms with E-state index in [1.807, 2.05) is 14.0 Å². The fourth-order valence-electron chi connectivity index (χ4n) is 5.17. The van der Waals surface area contributed by atoms with Gasteiger partial charge in [0.05, 0.1) is 11.2 Å². The molecule has 4 heterocycles. The number of hydrogen-bond donors (Lipinski definition) is 1. The number of alkyl halides is 1. The second kappa shape index (κ2) is 7.83. The van der Waals surface area contributed by atoms with Gasteiger partial charge in [-0.3, -0.25) is 9.47 Å². The number of rotatable bonds is 4. The molecule has 2 saturated heterocycles. The van der Waals surface area contributed by atoms with E-state index in [1.165, 1.54) is 17.0 Å². The normalized spacial score (nSPS) is 28.7. The predicted octanol–water partition coefficient (Wildman–Crippen LogP) is 2.74. The van der Waals surface area contributed by atoms with Crippen LogP contribution in [0.3, 0.4) is 0 Å². The largest absolute Gasteiger partial charge is 0.507 e. The van der Waals surface area contributed by atoms with E-state index in [4.69, 9.17) is 4.74 Å². The number of fused-ring (bicyclic) bond motifs is 2. The molecule has 5 rings (SSSR count). The Hall–Kier alpha value is -3.40. The number of aryl methyl sites for hydroxylation is 1. The highest BCUT2D eigenvalue weighted by atomic mass is 19.1. The molecule has 0 amide bonds. The Morgan fingerprint density at radius 3 is 2.62 bits per heavy atom. The number of hydrogen-bond acceptors (Lipinski definition) is 8. The maximum atomic E-state index is 15.4. The molecule has 2 aliphatic heterocycles. The molecule has 1 N–H and O–H groups in total. The Bertz CT molecular complexity index is 1300. The Labute approximate surface area is 196 Å². The molecule has 2 fully saturated rings. The van der Waals surface area contributed by atoms with Crippen LogP contribution in [0.15, 0.2) is 41.5 Å². The van der Waals surface area contributed by atoms with Crippen molar-refractivity contribution in [2.45, 2.75) is 56.5 Å². The van der Waals surface area contributed by atoms with Crippen molar-refractivity contribution in [2.24, 2.45) is 7.05 Å². The van der Waals surface area contributed by atoms with Crippen LogP contribution in [-0.4, -0.2) is 65.1 Å². The van der Waals surface area contributed by atoms with Crippen molar-refractivity contribution in [3.8, 4) is 34.3 Å². The van der Waals surface area contributed by atoms with E-state index in [0.29, 0.717) is 23.2 Å². The monoisotopic (exact) mass is 466 g/mol. The van der Waals surface area contributed by atoms with Crippen molar-refractivity contribution in [1.29, 1.82) is 0 Å². The van der Waals surface area contributed by atoms with E-state index in [2.05, 4.69) is 32.0 Å². The summed E-state index contributed by atoms with van der Waals surface area (Å²) in [6, 6.07) is 8.13. The van der Waals surface area contributed by atoms with Gasteiger partial charge in [0.2, 0.25) is 5.88 Å². The summed E-state index contributed by atoms with van der Waals surface area (Å²) in [6.45, 7) is 4.11. The maximum absolute atomic E-state index is 15.4. The number of nitrogens with zero attached hydrogens (tertiary/aromatic N) is 6. The second-order valence-corrected chi connectivity index (χ2v) is 9.74. The molecule has 2 aliphatic rings. The van der Waals surface area contributed by atoms with Gasteiger partial charge < -0.3 is 9.84 Å². The van der Waals surface area contributed by atoms with Gasteiger partial charge in [-0.2, -0.15) is 4.98 Å². The minimum Gasteiger partial charge on any atom is -0.507 e. The van der Waals surface area contributed by atoms with E-state index in [1.54, 1.807) is 31.3 Å². The Balaban J connectivity index is 1.34. The van der Waals surface area contributed by atoms with Crippen LogP contribution in [0, 0.1) is 0 Å². The van der Waals surface area contributed by atoms with Crippen LogP contribution in [0.5, 0.6) is 11.6 Å². The fraction of sp³-hybridized carbons (Fsp3) is 0.458. The number of benzene rings is 1. The zero-order chi connectivity index (χ0) is 24.3. The third-order valence-electron chi connectivity index (χ3n) is 7.61. The molecule has 2 aromatic heterocycles. The summed E-state index contributed by atoms with van der Waals surface area (Å²) in [5.41, 5.74) is 0.291. The third-order valence-corrected chi connectivity index (χ3v) is 7.61. The van der Waals surface area contributed by atoms with Gasteiger partial charge in [0, 0.05) is 36.2 Å². The van der Waals surface area contributed by atoms with Gasteiger partial charge in [-0.15, -0.1) is 10.2 Å². The summed E-state index contributed by atoms with van der Waals surface area (Å²) in [4.78, 5) is 21.9. The zero-order valence-corrected chi connectivity index (χ0v) is 19.6. The summed E-state index contributed by atoms with van der Waals surface area (Å²) in [6.07, 6.45) is 1.95. The molecule has 0 spiro atoms. The molecule has 0 radical (unpaired) electrons.